The van der Waals surface area contributed by atoms with Gasteiger partial charge in [0.1, 0.15) is 17.2 Å². The molecule has 4 heterocycles. The summed E-state index contributed by atoms with van der Waals surface area (Å²) in [4.78, 5) is 12.5. The number of imidazole rings is 1. The van der Waals surface area contributed by atoms with Crippen molar-refractivity contribution in [3.8, 4) is 5.75 Å². The van der Waals surface area contributed by atoms with Crippen LogP contribution in [-0.2, 0) is 6.54 Å². The summed E-state index contributed by atoms with van der Waals surface area (Å²) in [6.45, 7) is 6.32. The van der Waals surface area contributed by atoms with E-state index >= 15 is 0 Å². The van der Waals surface area contributed by atoms with E-state index in [-0.39, 0.29) is 0 Å². The second-order valence-electron chi connectivity index (χ2n) is 8.56. The van der Waals surface area contributed by atoms with E-state index in [4.69, 9.17) is 9.72 Å². The maximum atomic E-state index is 5.40. The van der Waals surface area contributed by atoms with Crippen molar-refractivity contribution in [2.75, 3.05) is 51.8 Å². The molecule has 0 amide bonds. The maximum Gasteiger partial charge on any atom is 0.138 e. The largest absolute Gasteiger partial charge is 0.497 e. The van der Waals surface area contributed by atoms with E-state index in [1.807, 2.05) is 6.07 Å². The van der Waals surface area contributed by atoms with Gasteiger partial charge in [0, 0.05) is 45.5 Å². The smallest absolute Gasteiger partial charge is 0.138 e. The first-order valence-electron chi connectivity index (χ1n) is 11.0. The van der Waals surface area contributed by atoms with Gasteiger partial charge in [0.2, 0.25) is 0 Å². The van der Waals surface area contributed by atoms with Gasteiger partial charge >= 0.3 is 0 Å². The Balaban J connectivity index is 1.38. The van der Waals surface area contributed by atoms with Crippen molar-refractivity contribution in [3.63, 3.8) is 0 Å². The van der Waals surface area contributed by atoms with Crippen molar-refractivity contribution >= 4 is 11.5 Å². The number of aromatic nitrogens is 2. The van der Waals surface area contributed by atoms with E-state index < -0.39 is 0 Å². The number of benzene rings is 1. The summed E-state index contributed by atoms with van der Waals surface area (Å²) in [5.74, 6) is 2.20. The highest BCUT2D eigenvalue weighted by Gasteiger charge is 2.28. The molecular formula is C24H31N5O. The maximum absolute atomic E-state index is 5.40. The zero-order valence-electron chi connectivity index (χ0n) is 18.0. The van der Waals surface area contributed by atoms with Crippen LogP contribution in [0.25, 0.3) is 5.65 Å². The number of anilines is 1. The molecular weight excluding hydrogens is 374 g/mol. The topological polar surface area (TPSA) is 36.2 Å². The molecule has 3 aromatic rings. The lowest BCUT2D eigenvalue weighted by Gasteiger charge is -2.38. The number of hydrogen-bond donors (Lipinski definition) is 0. The first kappa shape index (κ1) is 19.4. The molecule has 0 N–H and O–H groups in total. The lowest BCUT2D eigenvalue weighted by molar-refractivity contribution is 0.0885. The van der Waals surface area contributed by atoms with Crippen LogP contribution in [-0.4, -0.2) is 66.1 Å². The number of nitrogens with zero attached hydrogens (tertiary/aromatic N) is 5. The Morgan fingerprint density at radius 1 is 1.03 bits per heavy atom. The van der Waals surface area contributed by atoms with E-state index in [0.717, 1.165) is 50.7 Å². The van der Waals surface area contributed by atoms with Gasteiger partial charge in [-0.2, -0.15) is 0 Å². The standard InChI is InChI=1S/C24H31N5O/c1-26-13-14-27(16-19-7-5-8-20(15-19)30-2)18-22(26)21-17-29-23(25-21)9-6-10-24(29)28-11-3-4-12-28/h5-10,15,17,22H,3-4,11-14,16,18H2,1-2H3/t22-/m1/s1. The van der Waals surface area contributed by atoms with Gasteiger partial charge in [-0.25, -0.2) is 4.98 Å². The van der Waals surface area contributed by atoms with Crippen molar-refractivity contribution in [1.29, 1.82) is 0 Å². The highest BCUT2D eigenvalue weighted by molar-refractivity contribution is 5.53. The highest BCUT2D eigenvalue weighted by atomic mass is 16.5. The lowest BCUT2D eigenvalue weighted by atomic mass is 10.1. The van der Waals surface area contributed by atoms with Crippen LogP contribution in [0.3, 0.4) is 0 Å². The van der Waals surface area contributed by atoms with Crippen molar-refractivity contribution < 1.29 is 4.74 Å². The molecule has 6 heteroatoms. The van der Waals surface area contributed by atoms with Crippen molar-refractivity contribution in [3.05, 3.63) is 59.9 Å². The number of fused-ring (bicyclic) bond motifs is 1. The zero-order chi connectivity index (χ0) is 20.5. The van der Waals surface area contributed by atoms with Gasteiger partial charge in [-0.3, -0.25) is 14.2 Å². The Labute approximate surface area is 178 Å². The van der Waals surface area contributed by atoms with Crippen LogP contribution in [0.1, 0.15) is 30.1 Å². The third kappa shape index (κ3) is 3.77. The van der Waals surface area contributed by atoms with Gasteiger partial charge in [-0.05, 0) is 49.7 Å². The molecule has 2 aliphatic rings. The Morgan fingerprint density at radius 2 is 1.87 bits per heavy atom. The lowest BCUT2D eigenvalue weighted by Crippen LogP contribution is -2.46. The summed E-state index contributed by atoms with van der Waals surface area (Å²) < 4.78 is 7.68. The van der Waals surface area contributed by atoms with Gasteiger partial charge in [-0.1, -0.05) is 18.2 Å². The number of ether oxygens (including phenoxy) is 1. The predicted octanol–water partition coefficient (Wildman–Crippen LogP) is 3.43. The van der Waals surface area contributed by atoms with Crippen molar-refractivity contribution in [2.45, 2.75) is 25.4 Å². The monoisotopic (exact) mass is 405 g/mol. The summed E-state index contributed by atoms with van der Waals surface area (Å²) in [7, 11) is 3.95. The van der Waals surface area contributed by atoms with E-state index in [9.17, 15) is 0 Å². The number of piperazine rings is 1. The average molecular weight is 406 g/mol. The van der Waals surface area contributed by atoms with Crippen molar-refractivity contribution in [2.24, 2.45) is 0 Å². The Kier molecular flexibility index (Phi) is 5.35. The number of pyridine rings is 1. The zero-order valence-corrected chi connectivity index (χ0v) is 18.0. The minimum Gasteiger partial charge on any atom is -0.497 e. The van der Waals surface area contributed by atoms with Gasteiger partial charge in [0.25, 0.3) is 0 Å². The summed E-state index contributed by atoms with van der Waals surface area (Å²) in [5, 5.41) is 0. The van der Waals surface area contributed by atoms with Crippen LogP contribution in [0.2, 0.25) is 0 Å². The molecule has 0 unspecified atom stereocenters. The molecule has 0 bridgehead atoms. The fraction of sp³-hybridized carbons (Fsp3) is 0.458. The highest BCUT2D eigenvalue weighted by Crippen LogP contribution is 2.28. The van der Waals surface area contributed by atoms with Crippen LogP contribution < -0.4 is 9.64 Å². The molecule has 158 valence electrons. The summed E-state index contributed by atoms with van der Waals surface area (Å²) in [5.41, 5.74) is 3.51. The minimum atomic E-state index is 0.302. The first-order valence-corrected chi connectivity index (χ1v) is 11.0. The molecule has 2 aliphatic heterocycles. The van der Waals surface area contributed by atoms with Crippen LogP contribution in [0.4, 0.5) is 5.82 Å². The second-order valence-corrected chi connectivity index (χ2v) is 8.56. The van der Waals surface area contributed by atoms with Crippen LogP contribution in [0, 0.1) is 0 Å². The van der Waals surface area contributed by atoms with Crippen LogP contribution >= 0.6 is 0 Å². The van der Waals surface area contributed by atoms with E-state index in [0.29, 0.717) is 6.04 Å². The molecule has 0 radical (unpaired) electrons. The summed E-state index contributed by atoms with van der Waals surface area (Å²) in [6.07, 6.45) is 4.82. The summed E-state index contributed by atoms with van der Waals surface area (Å²) in [6, 6.07) is 15.2. The molecule has 0 spiro atoms. The molecule has 30 heavy (non-hydrogen) atoms. The van der Waals surface area contributed by atoms with Gasteiger partial charge in [0.15, 0.2) is 0 Å². The third-order valence-corrected chi connectivity index (χ3v) is 6.53. The van der Waals surface area contributed by atoms with Gasteiger partial charge in [0.05, 0.1) is 18.8 Å². The Hall–Kier alpha value is -2.57. The third-order valence-electron chi connectivity index (χ3n) is 6.53. The number of rotatable bonds is 5. The minimum absolute atomic E-state index is 0.302. The first-order chi connectivity index (χ1) is 14.7. The normalized spacial score (nSPS) is 20.9. The Morgan fingerprint density at radius 3 is 2.70 bits per heavy atom. The SMILES string of the molecule is COc1cccc(CN2CCN(C)[C@@H](c3cn4c(N5CCCC5)cccc4n3)C2)c1. The van der Waals surface area contributed by atoms with Crippen LogP contribution in [0.5, 0.6) is 5.75 Å². The number of likely N-dealkylation sites (N-methyl/N-ethyl adjacent to an activating group) is 1. The Bertz CT molecular complexity index is 1010. The molecule has 2 aromatic heterocycles. The van der Waals surface area contributed by atoms with E-state index in [1.165, 1.54) is 29.9 Å². The average Bonchev–Trinajstić information content (AvgIpc) is 3.45. The molecule has 2 saturated heterocycles. The molecule has 0 saturated carbocycles. The molecule has 5 rings (SSSR count). The fourth-order valence-corrected chi connectivity index (χ4v) is 4.80. The number of methoxy groups -OCH3 is 1. The van der Waals surface area contributed by atoms with Crippen molar-refractivity contribution in [1.82, 2.24) is 19.2 Å². The second kappa shape index (κ2) is 8.28. The molecule has 1 aromatic carbocycles. The van der Waals surface area contributed by atoms with Gasteiger partial charge in [-0.15, -0.1) is 0 Å². The molecule has 0 aliphatic carbocycles. The van der Waals surface area contributed by atoms with Gasteiger partial charge < -0.3 is 9.64 Å². The quantitative estimate of drug-likeness (QED) is 0.650. The van der Waals surface area contributed by atoms with E-state index in [2.05, 4.69) is 68.7 Å². The summed E-state index contributed by atoms with van der Waals surface area (Å²) >= 11 is 0. The van der Waals surface area contributed by atoms with E-state index in [1.54, 1.807) is 7.11 Å². The molecule has 2 fully saturated rings. The number of hydrogen-bond acceptors (Lipinski definition) is 5. The molecule has 1 atom stereocenters. The fourth-order valence-electron chi connectivity index (χ4n) is 4.80. The predicted molar refractivity (Wildman–Crippen MR) is 120 cm³/mol. The molecule has 6 nitrogen and oxygen atoms in total. The van der Waals surface area contributed by atoms with Crippen LogP contribution in [0.15, 0.2) is 48.7 Å².